The summed E-state index contributed by atoms with van der Waals surface area (Å²) in [6.07, 6.45) is -1.10. The molecule has 2 aliphatic heterocycles. The average Bonchev–Trinajstić information content (AvgIpc) is 3.34. The number of hydrogen-bond donors (Lipinski definition) is 0. The van der Waals surface area contributed by atoms with Gasteiger partial charge in [-0.15, -0.1) is 0 Å². The lowest BCUT2D eigenvalue weighted by Crippen LogP contribution is -2.45. The number of aryl methyl sites for hydroxylation is 1. The molecule has 3 aliphatic rings. The number of hydrogen-bond acceptors (Lipinski definition) is 4. The Bertz CT molecular complexity index is 1380. The van der Waals surface area contributed by atoms with Gasteiger partial charge in [0.25, 0.3) is 11.5 Å². The van der Waals surface area contributed by atoms with Gasteiger partial charge in [0.1, 0.15) is 17.1 Å². The molecule has 10 heteroatoms. The second-order valence-electron chi connectivity index (χ2n) is 9.15. The fourth-order valence-electron chi connectivity index (χ4n) is 5.32. The van der Waals surface area contributed by atoms with E-state index < -0.39 is 11.7 Å². The Morgan fingerprint density at radius 3 is 2.71 bits per heavy atom. The van der Waals surface area contributed by atoms with Gasteiger partial charge < -0.3 is 18.8 Å². The number of amides is 1. The van der Waals surface area contributed by atoms with Crippen LogP contribution in [-0.2, 0) is 12.7 Å². The van der Waals surface area contributed by atoms with Gasteiger partial charge in [0, 0.05) is 31.7 Å². The number of carbonyl (C=O) groups is 1. The maximum Gasteiger partial charge on any atom is 0.416 e. The first-order valence-corrected chi connectivity index (χ1v) is 11.1. The molecule has 0 N–H and O–H groups in total. The summed E-state index contributed by atoms with van der Waals surface area (Å²) in [7, 11) is 0. The van der Waals surface area contributed by atoms with Gasteiger partial charge >= 0.3 is 6.18 Å². The fourth-order valence-corrected chi connectivity index (χ4v) is 5.32. The van der Waals surface area contributed by atoms with E-state index in [4.69, 9.17) is 4.74 Å². The maximum atomic E-state index is 13.2. The fraction of sp³-hybridized carbons (Fsp3) is 0.375. The van der Waals surface area contributed by atoms with E-state index in [9.17, 15) is 22.8 Å². The lowest BCUT2D eigenvalue weighted by atomic mass is 10.0. The molecule has 1 fully saturated rings. The minimum absolute atomic E-state index is 0.0279. The zero-order chi connectivity index (χ0) is 23.8. The van der Waals surface area contributed by atoms with E-state index in [-0.39, 0.29) is 29.2 Å². The van der Waals surface area contributed by atoms with E-state index >= 15 is 0 Å². The van der Waals surface area contributed by atoms with E-state index in [2.05, 4.69) is 4.98 Å². The molecular weight excluding hydrogens is 449 g/mol. The van der Waals surface area contributed by atoms with Crippen LogP contribution in [0.3, 0.4) is 0 Å². The minimum atomic E-state index is -4.42. The summed E-state index contributed by atoms with van der Waals surface area (Å²) in [5.41, 5.74) is 1.14. The molecule has 6 rings (SSSR count). The third-order valence-corrected chi connectivity index (χ3v) is 7.13. The summed E-state index contributed by atoms with van der Waals surface area (Å²) in [6, 6.07) is 6.87. The number of carbonyl (C=O) groups excluding carboxylic acids is 1. The molecule has 1 aromatic carbocycles. The van der Waals surface area contributed by atoms with Crippen molar-refractivity contribution in [3.63, 3.8) is 0 Å². The van der Waals surface area contributed by atoms with Gasteiger partial charge in [-0.05, 0) is 54.7 Å². The van der Waals surface area contributed by atoms with Gasteiger partial charge in [-0.25, -0.2) is 4.98 Å². The van der Waals surface area contributed by atoms with Crippen molar-refractivity contribution >= 4 is 5.91 Å². The predicted molar refractivity (Wildman–Crippen MR) is 115 cm³/mol. The number of imidazole rings is 1. The number of nitrogens with zero attached hydrogens (tertiary/aromatic N) is 4. The van der Waals surface area contributed by atoms with Crippen molar-refractivity contribution in [2.45, 2.75) is 25.6 Å². The molecule has 3 unspecified atom stereocenters. The highest BCUT2D eigenvalue weighted by molar-refractivity contribution is 5.93. The van der Waals surface area contributed by atoms with Crippen molar-refractivity contribution in [3.8, 4) is 11.4 Å². The first-order valence-electron chi connectivity index (χ1n) is 11.1. The van der Waals surface area contributed by atoms with Crippen LogP contribution in [-0.4, -0.2) is 44.6 Å². The highest BCUT2D eigenvalue weighted by atomic mass is 19.4. The zero-order valence-corrected chi connectivity index (χ0v) is 18.2. The van der Waals surface area contributed by atoms with E-state index in [1.165, 1.54) is 16.7 Å². The quantitative estimate of drug-likeness (QED) is 0.590. The molecule has 34 heavy (non-hydrogen) atoms. The van der Waals surface area contributed by atoms with E-state index in [0.29, 0.717) is 48.9 Å². The Kier molecular flexibility index (Phi) is 4.46. The highest BCUT2D eigenvalue weighted by Crippen LogP contribution is 2.59. The molecular formula is C24H21F3N4O3. The second kappa shape index (κ2) is 7.22. The standard InChI is InChI=1S/C24H21F3N4O3/c1-13-9-30(12-28-13)18-3-4-19-22(32)29(6-7-31(19)23(18)33)10-16-17-11-34-20-5-2-14(24(25,26)27)8-15(20)21(16)17/h2-5,8-9,12,16-17,21H,6-7,10-11H2,1H3. The lowest BCUT2D eigenvalue weighted by molar-refractivity contribution is -0.137. The van der Waals surface area contributed by atoms with Crippen LogP contribution in [0.1, 0.15) is 33.2 Å². The summed E-state index contributed by atoms with van der Waals surface area (Å²) < 4.78 is 48.4. The number of aromatic nitrogens is 3. The number of benzene rings is 1. The number of rotatable bonds is 3. The predicted octanol–water partition coefficient (Wildman–Crippen LogP) is 3.24. The molecule has 0 saturated heterocycles. The third kappa shape index (κ3) is 3.23. The number of halogens is 3. The van der Waals surface area contributed by atoms with E-state index in [1.807, 2.05) is 6.92 Å². The SMILES string of the molecule is Cc1cn(-c2ccc3n(c2=O)CCN(CC2C4COc5ccc(C(F)(F)F)cc5C42)C3=O)cn1. The van der Waals surface area contributed by atoms with Crippen molar-refractivity contribution in [1.29, 1.82) is 0 Å². The topological polar surface area (TPSA) is 69.4 Å². The van der Waals surface area contributed by atoms with Crippen LogP contribution in [0.15, 0.2) is 47.7 Å². The highest BCUT2D eigenvalue weighted by Gasteiger charge is 2.56. The molecule has 0 spiro atoms. The summed E-state index contributed by atoms with van der Waals surface area (Å²) in [5, 5.41) is 0. The van der Waals surface area contributed by atoms with Crippen molar-refractivity contribution in [1.82, 2.24) is 19.0 Å². The number of ether oxygens (including phenoxy) is 1. The molecule has 2 aromatic heterocycles. The Morgan fingerprint density at radius 1 is 1.15 bits per heavy atom. The van der Waals surface area contributed by atoms with Crippen molar-refractivity contribution in [2.75, 3.05) is 19.7 Å². The Hall–Kier alpha value is -3.56. The van der Waals surface area contributed by atoms with Crippen LogP contribution in [0.5, 0.6) is 5.75 Å². The van der Waals surface area contributed by atoms with Gasteiger partial charge in [-0.3, -0.25) is 9.59 Å². The number of pyridine rings is 1. The molecule has 0 bridgehead atoms. The van der Waals surface area contributed by atoms with E-state index in [1.54, 1.807) is 34.1 Å². The molecule has 1 amide bonds. The Morgan fingerprint density at radius 2 is 1.97 bits per heavy atom. The largest absolute Gasteiger partial charge is 0.493 e. The van der Waals surface area contributed by atoms with Crippen LogP contribution in [0, 0.1) is 18.8 Å². The van der Waals surface area contributed by atoms with Crippen LogP contribution >= 0.6 is 0 Å². The first-order chi connectivity index (χ1) is 16.2. The van der Waals surface area contributed by atoms with Crippen molar-refractivity contribution < 1.29 is 22.7 Å². The minimum Gasteiger partial charge on any atom is -0.493 e. The summed E-state index contributed by atoms with van der Waals surface area (Å²) in [6.45, 7) is 3.40. The molecule has 3 aromatic rings. The Balaban J connectivity index is 1.23. The van der Waals surface area contributed by atoms with Crippen molar-refractivity contribution in [3.05, 3.63) is 75.7 Å². The third-order valence-electron chi connectivity index (χ3n) is 7.13. The maximum absolute atomic E-state index is 13.2. The lowest BCUT2D eigenvalue weighted by Gasteiger charge is -2.30. The van der Waals surface area contributed by atoms with Gasteiger partial charge in [0.05, 0.1) is 24.2 Å². The van der Waals surface area contributed by atoms with Gasteiger partial charge in [-0.2, -0.15) is 13.2 Å². The molecule has 3 atom stereocenters. The number of alkyl halides is 3. The van der Waals surface area contributed by atoms with Crippen LogP contribution in [0.25, 0.3) is 5.69 Å². The molecule has 176 valence electrons. The van der Waals surface area contributed by atoms with Crippen LogP contribution in [0.4, 0.5) is 13.2 Å². The summed E-state index contributed by atoms with van der Waals surface area (Å²) >= 11 is 0. The number of fused-ring (bicyclic) bond motifs is 4. The molecule has 1 aliphatic carbocycles. The van der Waals surface area contributed by atoms with Gasteiger partial charge in [0.15, 0.2) is 0 Å². The summed E-state index contributed by atoms with van der Waals surface area (Å²) in [5.74, 6) is 0.293. The first kappa shape index (κ1) is 21.0. The second-order valence-corrected chi connectivity index (χ2v) is 9.15. The molecule has 7 nitrogen and oxygen atoms in total. The normalized spacial score (nSPS) is 23.1. The smallest absolute Gasteiger partial charge is 0.416 e. The summed E-state index contributed by atoms with van der Waals surface area (Å²) in [4.78, 5) is 32.0. The molecule has 0 radical (unpaired) electrons. The molecule has 1 saturated carbocycles. The monoisotopic (exact) mass is 470 g/mol. The van der Waals surface area contributed by atoms with Gasteiger partial charge in [0.2, 0.25) is 0 Å². The Labute approximate surface area is 192 Å². The van der Waals surface area contributed by atoms with Crippen LogP contribution in [0.2, 0.25) is 0 Å². The average molecular weight is 470 g/mol. The zero-order valence-electron chi connectivity index (χ0n) is 18.2. The van der Waals surface area contributed by atoms with Gasteiger partial charge in [-0.1, -0.05) is 0 Å². The van der Waals surface area contributed by atoms with Crippen molar-refractivity contribution in [2.24, 2.45) is 11.8 Å². The van der Waals surface area contributed by atoms with E-state index in [0.717, 1.165) is 11.8 Å². The van der Waals surface area contributed by atoms with Crippen LogP contribution < -0.4 is 10.3 Å². The molecule has 4 heterocycles.